The van der Waals surface area contributed by atoms with Gasteiger partial charge in [0, 0.05) is 0 Å². The lowest BCUT2D eigenvalue weighted by Crippen LogP contribution is -2.16. The summed E-state index contributed by atoms with van der Waals surface area (Å²) in [6.07, 6.45) is 11.5. The third kappa shape index (κ3) is 8.68. The van der Waals surface area contributed by atoms with Gasteiger partial charge in [-0.05, 0) is 42.1 Å². The number of rotatable bonds is 13. The standard InChI is InChI=1S/C23H31NO6/c1-3-5-7-8-9-10-11-13-20(21-24-30-23(26)29-21)28-22(25)27-19-16-14-18(15-17-19)12-6-4-2/h6,12,14-17,20H,3-5,7-11,13H2,1-2H3/b12-6+. The molecule has 0 fully saturated rings. The van der Waals surface area contributed by atoms with Gasteiger partial charge in [0.05, 0.1) is 0 Å². The third-order valence-electron chi connectivity index (χ3n) is 4.61. The quantitative estimate of drug-likeness (QED) is 0.210. The molecule has 30 heavy (non-hydrogen) atoms. The highest BCUT2D eigenvalue weighted by Gasteiger charge is 2.24. The Bertz CT molecular complexity index is 821. The molecule has 0 radical (unpaired) electrons. The Hall–Kier alpha value is -2.83. The number of allylic oxidation sites excluding steroid dienone is 1. The minimum Gasteiger partial charge on any atom is -0.421 e. The number of aromatic nitrogens is 1. The summed E-state index contributed by atoms with van der Waals surface area (Å²) in [5, 5.41) is 3.56. The zero-order valence-electron chi connectivity index (χ0n) is 17.8. The van der Waals surface area contributed by atoms with Crippen LogP contribution < -0.4 is 10.6 Å². The summed E-state index contributed by atoms with van der Waals surface area (Å²) < 4.78 is 19.9. The van der Waals surface area contributed by atoms with Crippen molar-refractivity contribution in [1.29, 1.82) is 0 Å². The first-order chi connectivity index (χ1) is 14.6. The fourth-order valence-corrected chi connectivity index (χ4v) is 2.99. The van der Waals surface area contributed by atoms with Crippen LogP contribution in [-0.4, -0.2) is 11.3 Å². The molecule has 164 valence electrons. The van der Waals surface area contributed by atoms with Crippen LogP contribution in [0.15, 0.2) is 44.1 Å². The predicted molar refractivity (Wildman–Crippen MR) is 113 cm³/mol. The van der Waals surface area contributed by atoms with E-state index in [0.717, 1.165) is 31.2 Å². The van der Waals surface area contributed by atoms with Gasteiger partial charge < -0.3 is 13.9 Å². The summed E-state index contributed by atoms with van der Waals surface area (Å²) in [7, 11) is 0. The van der Waals surface area contributed by atoms with Crippen molar-refractivity contribution in [1.82, 2.24) is 5.16 Å². The molecule has 0 aliphatic carbocycles. The van der Waals surface area contributed by atoms with Crippen molar-refractivity contribution in [2.24, 2.45) is 0 Å². The van der Waals surface area contributed by atoms with E-state index in [1.54, 1.807) is 12.1 Å². The molecule has 1 aromatic carbocycles. The lowest BCUT2D eigenvalue weighted by molar-refractivity contribution is 0.0394. The number of benzene rings is 1. The summed E-state index contributed by atoms with van der Waals surface area (Å²) >= 11 is 0. The van der Waals surface area contributed by atoms with Crippen LogP contribution in [0, 0.1) is 0 Å². The number of unbranched alkanes of at least 4 members (excludes halogenated alkanes) is 6. The second kappa shape index (κ2) is 13.4. The van der Waals surface area contributed by atoms with Crippen LogP contribution in [0.3, 0.4) is 0 Å². The maximum atomic E-state index is 12.2. The third-order valence-corrected chi connectivity index (χ3v) is 4.61. The van der Waals surface area contributed by atoms with Gasteiger partial charge >= 0.3 is 12.0 Å². The number of nitrogens with zero attached hydrogens (tertiary/aromatic N) is 1. The van der Waals surface area contributed by atoms with Crippen molar-refractivity contribution < 1.29 is 23.2 Å². The van der Waals surface area contributed by atoms with E-state index in [1.807, 2.05) is 24.3 Å². The van der Waals surface area contributed by atoms with Crippen LogP contribution in [0.25, 0.3) is 6.08 Å². The molecule has 7 heteroatoms. The number of carbonyl (C=O) groups is 1. The molecule has 1 atom stereocenters. The second-order valence-corrected chi connectivity index (χ2v) is 7.12. The highest BCUT2D eigenvalue weighted by molar-refractivity contribution is 5.64. The van der Waals surface area contributed by atoms with Crippen molar-refractivity contribution >= 4 is 12.2 Å². The summed E-state index contributed by atoms with van der Waals surface area (Å²) in [6, 6.07) is 7.08. The number of ether oxygens (including phenoxy) is 2. The van der Waals surface area contributed by atoms with Gasteiger partial charge in [-0.2, -0.15) is 0 Å². The molecule has 0 N–H and O–H groups in total. The topological polar surface area (TPSA) is 91.8 Å². The smallest absolute Gasteiger partial charge is 0.421 e. The van der Waals surface area contributed by atoms with E-state index in [-0.39, 0.29) is 5.89 Å². The molecule has 1 unspecified atom stereocenters. The lowest BCUT2D eigenvalue weighted by Gasteiger charge is -2.14. The van der Waals surface area contributed by atoms with Crippen molar-refractivity contribution in [3.8, 4) is 5.75 Å². The van der Waals surface area contributed by atoms with Crippen LogP contribution in [-0.2, 0) is 4.74 Å². The first kappa shape index (κ1) is 23.4. The molecule has 0 saturated carbocycles. The van der Waals surface area contributed by atoms with E-state index in [9.17, 15) is 9.59 Å². The van der Waals surface area contributed by atoms with E-state index in [1.165, 1.54) is 25.7 Å². The first-order valence-corrected chi connectivity index (χ1v) is 10.7. The molecule has 2 rings (SSSR count). The van der Waals surface area contributed by atoms with Gasteiger partial charge in [0.2, 0.25) is 0 Å². The average Bonchev–Trinajstić information content (AvgIpc) is 3.18. The Morgan fingerprint density at radius 3 is 2.40 bits per heavy atom. The summed E-state index contributed by atoms with van der Waals surface area (Å²) in [5.74, 6) is -0.616. The normalized spacial score (nSPS) is 12.2. The van der Waals surface area contributed by atoms with Gasteiger partial charge in [-0.25, -0.2) is 9.59 Å². The fourth-order valence-electron chi connectivity index (χ4n) is 2.99. The lowest BCUT2D eigenvalue weighted by atomic mass is 10.1. The van der Waals surface area contributed by atoms with Crippen LogP contribution in [0.5, 0.6) is 5.75 Å². The van der Waals surface area contributed by atoms with Crippen LogP contribution >= 0.6 is 0 Å². The molecule has 7 nitrogen and oxygen atoms in total. The van der Waals surface area contributed by atoms with E-state index in [2.05, 4.69) is 23.5 Å². The van der Waals surface area contributed by atoms with Gasteiger partial charge in [0.15, 0.2) is 6.10 Å². The van der Waals surface area contributed by atoms with Crippen molar-refractivity contribution in [3.05, 3.63) is 52.4 Å². The molecule has 0 bridgehead atoms. The monoisotopic (exact) mass is 417 g/mol. The Morgan fingerprint density at radius 1 is 1.07 bits per heavy atom. The molecule has 0 aliphatic heterocycles. The Balaban J connectivity index is 1.87. The number of hydrogen-bond acceptors (Lipinski definition) is 7. The Kier molecular flexibility index (Phi) is 10.5. The van der Waals surface area contributed by atoms with E-state index < -0.39 is 18.1 Å². The van der Waals surface area contributed by atoms with Crippen molar-refractivity contribution in [2.75, 3.05) is 0 Å². The van der Waals surface area contributed by atoms with Gasteiger partial charge in [0.1, 0.15) is 5.75 Å². The van der Waals surface area contributed by atoms with Crippen LogP contribution in [0.2, 0.25) is 0 Å². The molecule has 1 aromatic heterocycles. The second-order valence-electron chi connectivity index (χ2n) is 7.12. The van der Waals surface area contributed by atoms with Gasteiger partial charge in [-0.1, -0.05) is 76.7 Å². The van der Waals surface area contributed by atoms with Crippen LogP contribution in [0.1, 0.15) is 89.2 Å². The number of hydrogen-bond donors (Lipinski definition) is 0. The largest absolute Gasteiger partial charge is 0.542 e. The van der Waals surface area contributed by atoms with Gasteiger partial charge in [0.25, 0.3) is 5.89 Å². The van der Waals surface area contributed by atoms with Crippen LogP contribution in [0.4, 0.5) is 4.79 Å². The Morgan fingerprint density at radius 2 is 1.77 bits per heavy atom. The van der Waals surface area contributed by atoms with Crippen molar-refractivity contribution in [3.63, 3.8) is 0 Å². The molecule has 0 spiro atoms. The maximum absolute atomic E-state index is 12.2. The summed E-state index contributed by atoms with van der Waals surface area (Å²) in [4.78, 5) is 23.4. The SMILES string of the molecule is CC/C=C/c1ccc(OC(=O)OC(CCCCCCCCC)c2noc(=O)o2)cc1. The molecule has 0 aliphatic rings. The van der Waals surface area contributed by atoms with Gasteiger partial charge in [-0.15, -0.1) is 0 Å². The first-order valence-electron chi connectivity index (χ1n) is 10.7. The Labute approximate surface area is 177 Å². The minimum atomic E-state index is -0.928. The molecular weight excluding hydrogens is 386 g/mol. The molecule has 0 saturated heterocycles. The molecule has 2 aromatic rings. The van der Waals surface area contributed by atoms with E-state index in [0.29, 0.717) is 12.2 Å². The van der Waals surface area contributed by atoms with Crippen molar-refractivity contribution in [2.45, 2.75) is 77.7 Å². The fraction of sp³-hybridized carbons (Fsp3) is 0.522. The van der Waals surface area contributed by atoms with E-state index >= 15 is 0 Å². The highest BCUT2D eigenvalue weighted by atomic mass is 16.7. The molecule has 0 amide bonds. The minimum absolute atomic E-state index is 0.0528. The zero-order valence-corrected chi connectivity index (χ0v) is 17.8. The average molecular weight is 418 g/mol. The van der Waals surface area contributed by atoms with E-state index in [4.69, 9.17) is 13.9 Å². The molecular formula is C23H31NO6. The highest BCUT2D eigenvalue weighted by Crippen LogP contribution is 2.24. The molecule has 1 heterocycles. The predicted octanol–water partition coefficient (Wildman–Crippen LogP) is 6.45. The maximum Gasteiger partial charge on any atom is 0.542 e. The van der Waals surface area contributed by atoms with Gasteiger partial charge in [-0.3, -0.25) is 4.52 Å². The summed E-state index contributed by atoms with van der Waals surface area (Å²) in [5.41, 5.74) is 1.01. The summed E-state index contributed by atoms with van der Waals surface area (Å²) in [6.45, 7) is 4.24. The number of carbonyl (C=O) groups excluding carboxylic acids is 1. The zero-order chi connectivity index (χ0) is 21.6.